The number of rotatable bonds is 5. The maximum atomic E-state index is 11.5. The number of nitrogens with zero attached hydrogens (tertiary/aromatic N) is 1. The summed E-state index contributed by atoms with van der Waals surface area (Å²) in [5.41, 5.74) is 1.67. The van der Waals surface area contributed by atoms with E-state index in [4.69, 9.17) is 11.6 Å². The molecule has 6 heteroatoms. The lowest BCUT2D eigenvalue weighted by Gasteiger charge is -2.26. The third kappa shape index (κ3) is 4.26. The van der Waals surface area contributed by atoms with Gasteiger partial charge in [-0.3, -0.25) is 13.3 Å². The van der Waals surface area contributed by atoms with E-state index in [0.717, 1.165) is 0 Å². The third-order valence-corrected chi connectivity index (χ3v) is 3.50. The molecule has 0 N–H and O–H groups in total. The van der Waals surface area contributed by atoms with Gasteiger partial charge in [0, 0.05) is 0 Å². The maximum absolute atomic E-state index is 11.5. The predicted octanol–water partition coefficient (Wildman–Crippen LogP) is 3.40. The molecule has 0 aliphatic carbocycles. The summed E-state index contributed by atoms with van der Waals surface area (Å²) in [7, 11) is 0. The average molecular weight is 321 g/mol. The Bertz CT molecular complexity index is 688. The fraction of sp³-hybridized carbons (Fsp3) is 0. The van der Waals surface area contributed by atoms with Crippen molar-refractivity contribution in [2.24, 2.45) is 0 Å². The smallest absolute Gasteiger partial charge is 0.245 e. The van der Waals surface area contributed by atoms with Crippen molar-refractivity contribution in [2.45, 2.75) is 0 Å². The Balaban J connectivity index is 2.40. The van der Waals surface area contributed by atoms with Crippen LogP contribution in [0.4, 0.5) is 11.4 Å². The van der Waals surface area contributed by atoms with Crippen molar-refractivity contribution in [2.75, 3.05) is 4.31 Å². The third-order valence-electron chi connectivity index (χ3n) is 2.65. The SMILES string of the molecule is O=C(Cl)C=Cc1cccc(N(c2ccccc2)S(=O)[O-])c1. The number of hydrogen-bond donors (Lipinski definition) is 0. The first-order valence-electron chi connectivity index (χ1n) is 6.00. The number of hydrogen-bond acceptors (Lipinski definition) is 3. The van der Waals surface area contributed by atoms with Gasteiger partial charge in [-0.05, 0) is 47.5 Å². The molecule has 0 radical (unpaired) electrons. The van der Waals surface area contributed by atoms with Crippen LogP contribution >= 0.6 is 11.6 Å². The summed E-state index contributed by atoms with van der Waals surface area (Å²) in [5, 5.41) is -0.590. The van der Waals surface area contributed by atoms with Gasteiger partial charge in [-0.2, -0.15) is 0 Å². The molecular weight excluding hydrogens is 310 g/mol. The molecule has 0 fully saturated rings. The fourth-order valence-corrected chi connectivity index (χ4v) is 2.44. The molecule has 0 saturated heterocycles. The Hall–Kier alpha value is -1.95. The molecule has 0 saturated carbocycles. The van der Waals surface area contributed by atoms with Crippen LogP contribution in [0.15, 0.2) is 60.7 Å². The first-order valence-corrected chi connectivity index (χ1v) is 7.41. The highest BCUT2D eigenvalue weighted by Crippen LogP contribution is 2.27. The summed E-state index contributed by atoms with van der Waals surface area (Å²) >= 11 is 2.78. The van der Waals surface area contributed by atoms with E-state index in [9.17, 15) is 13.6 Å². The molecule has 108 valence electrons. The van der Waals surface area contributed by atoms with Gasteiger partial charge >= 0.3 is 0 Å². The summed E-state index contributed by atoms with van der Waals surface area (Å²) in [6.07, 6.45) is 2.73. The van der Waals surface area contributed by atoms with Crippen molar-refractivity contribution in [1.29, 1.82) is 0 Å². The van der Waals surface area contributed by atoms with Crippen molar-refractivity contribution < 1.29 is 13.6 Å². The standard InChI is InChI=1S/C15H12ClNO3S/c16-15(18)10-9-12-5-4-8-14(11-12)17(21(19)20)13-6-2-1-3-7-13/h1-11H,(H,19,20)/p-1. The number of anilines is 2. The lowest BCUT2D eigenvalue weighted by atomic mass is 10.2. The Morgan fingerprint density at radius 3 is 2.38 bits per heavy atom. The zero-order valence-electron chi connectivity index (χ0n) is 10.8. The minimum absolute atomic E-state index is 0.471. The van der Waals surface area contributed by atoms with Crippen LogP contribution in [0, 0.1) is 0 Å². The lowest BCUT2D eigenvalue weighted by molar-refractivity contribution is -0.107. The second-order valence-electron chi connectivity index (χ2n) is 4.08. The average Bonchev–Trinajstić information content (AvgIpc) is 2.46. The summed E-state index contributed by atoms with van der Waals surface area (Å²) in [6, 6.07) is 15.5. The van der Waals surface area contributed by atoms with Crippen LogP contribution in [-0.2, 0) is 16.1 Å². The molecule has 4 nitrogen and oxygen atoms in total. The maximum Gasteiger partial charge on any atom is 0.245 e. The predicted molar refractivity (Wildman–Crippen MR) is 83.8 cm³/mol. The molecule has 0 spiro atoms. The van der Waals surface area contributed by atoms with Crippen LogP contribution in [0.2, 0.25) is 0 Å². The first kappa shape index (κ1) is 15.4. The van der Waals surface area contributed by atoms with Gasteiger partial charge in [0.2, 0.25) is 5.24 Å². The highest BCUT2D eigenvalue weighted by Gasteiger charge is 2.09. The van der Waals surface area contributed by atoms with E-state index in [1.807, 2.05) is 0 Å². The van der Waals surface area contributed by atoms with Gasteiger partial charge in [-0.15, -0.1) is 0 Å². The topological polar surface area (TPSA) is 60.4 Å². The summed E-state index contributed by atoms with van der Waals surface area (Å²) in [5.74, 6) is 0. The fourth-order valence-electron chi connectivity index (χ4n) is 1.80. The number of allylic oxidation sites excluding steroid dienone is 1. The monoisotopic (exact) mass is 320 g/mol. The number of carbonyl (C=O) groups is 1. The molecule has 0 bridgehead atoms. The van der Waals surface area contributed by atoms with E-state index in [1.165, 1.54) is 16.5 Å². The van der Waals surface area contributed by atoms with Gasteiger partial charge in [0.25, 0.3) is 0 Å². The lowest BCUT2D eigenvalue weighted by Crippen LogP contribution is -2.19. The van der Waals surface area contributed by atoms with Crippen LogP contribution in [-0.4, -0.2) is 14.0 Å². The molecular formula is C15H11ClNO3S-. The number of para-hydroxylation sites is 1. The van der Waals surface area contributed by atoms with Gasteiger partial charge in [-0.1, -0.05) is 36.4 Å². The van der Waals surface area contributed by atoms with E-state index < -0.39 is 16.5 Å². The van der Waals surface area contributed by atoms with Gasteiger partial charge in [0.1, 0.15) is 0 Å². The van der Waals surface area contributed by atoms with Crippen molar-refractivity contribution in [3.8, 4) is 0 Å². The Morgan fingerprint density at radius 2 is 1.76 bits per heavy atom. The number of benzene rings is 2. The minimum atomic E-state index is -2.46. The van der Waals surface area contributed by atoms with Crippen molar-refractivity contribution in [1.82, 2.24) is 0 Å². The largest absolute Gasteiger partial charge is 0.755 e. The zero-order valence-corrected chi connectivity index (χ0v) is 12.4. The first-order chi connectivity index (χ1) is 10.1. The van der Waals surface area contributed by atoms with E-state index >= 15 is 0 Å². The normalized spacial score (nSPS) is 12.3. The molecule has 1 unspecified atom stereocenters. The highest BCUT2D eigenvalue weighted by atomic mass is 35.5. The molecule has 21 heavy (non-hydrogen) atoms. The van der Waals surface area contributed by atoms with Gasteiger partial charge < -0.3 is 4.55 Å². The summed E-state index contributed by atoms with van der Waals surface area (Å²) in [6.45, 7) is 0. The second-order valence-corrected chi connectivity index (χ2v) is 5.25. The van der Waals surface area contributed by atoms with Crippen LogP contribution in [0.3, 0.4) is 0 Å². The molecule has 0 aromatic heterocycles. The van der Waals surface area contributed by atoms with Crippen LogP contribution < -0.4 is 4.31 Å². The van der Waals surface area contributed by atoms with Crippen molar-refractivity contribution in [3.63, 3.8) is 0 Å². The van der Waals surface area contributed by atoms with Crippen molar-refractivity contribution >= 4 is 45.6 Å². The molecule has 0 amide bonds. The Labute approximate surface area is 130 Å². The minimum Gasteiger partial charge on any atom is -0.755 e. The molecule has 0 heterocycles. The highest BCUT2D eigenvalue weighted by molar-refractivity contribution is 7.81. The molecule has 0 aliphatic heterocycles. The van der Waals surface area contributed by atoms with Gasteiger partial charge in [0.15, 0.2) is 0 Å². The van der Waals surface area contributed by atoms with Crippen LogP contribution in [0.1, 0.15) is 5.56 Å². The zero-order chi connectivity index (χ0) is 15.2. The number of carbonyl (C=O) groups excluding carboxylic acids is 1. The second kappa shape index (κ2) is 7.17. The Kier molecular flexibility index (Phi) is 5.27. The quantitative estimate of drug-likeness (QED) is 0.482. The van der Waals surface area contributed by atoms with E-state index in [1.54, 1.807) is 54.6 Å². The Morgan fingerprint density at radius 1 is 1.10 bits per heavy atom. The van der Waals surface area contributed by atoms with Crippen LogP contribution in [0.25, 0.3) is 6.08 Å². The van der Waals surface area contributed by atoms with E-state index in [-0.39, 0.29) is 0 Å². The molecule has 1 atom stereocenters. The van der Waals surface area contributed by atoms with E-state index in [0.29, 0.717) is 16.9 Å². The summed E-state index contributed by atoms with van der Waals surface area (Å²) in [4.78, 5) is 10.7. The van der Waals surface area contributed by atoms with E-state index in [2.05, 4.69) is 0 Å². The van der Waals surface area contributed by atoms with Gasteiger partial charge in [0.05, 0.1) is 22.6 Å². The van der Waals surface area contributed by atoms with Crippen molar-refractivity contribution in [3.05, 3.63) is 66.2 Å². The summed E-state index contributed by atoms with van der Waals surface area (Å²) < 4.78 is 24.2. The molecule has 2 aromatic carbocycles. The number of halogens is 1. The molecule has 2 rings (SSSR count). The molecule has 2 aromatic rings. The van der Waals surface area contributed by atoms with Crippen LogP contribution in [0.5, 0.6) is 0 Å². The van der Waals surface area contributed by atoms with Gasteiger partial charge in [-0.25, -0.2) is 0 Å². The molecule has 0 aliphatic rings.